The smallest absolute Gasteiger partial charge is 0.242 e. The molecule has 0 bridgehead atoms. The molecule has 0 heterocycles. The lowest BCUT2D eigenvalue weighted by Gasteiger charge is -2.31. The average Bonchev–Trinajstić information content (AvgIpc) is 2.61. The molecule has 0 aliphatic heterocycles. The van der Waals surface area contributed by atoms with Crippen LogP contribution in [0.5, 0.6) is 0 Å². The van der Waals surface area contributed by atoms with Crippen molar-refractivity contribution in [2.75, 3.05) is 0 Å². The molecule has 150 valence electrons. The molecule has 1 atom stereocenters. The van der Waals surface area contributed by atoms with Crippen LogP contribution in [0.1, 0.15) is 38.8 Å². The van der Waals surface area contributed by atoms with Crippen LogP contribution in [0.4, 0.5) is 8.78 Å². The highest BCUT2D eigenvalue weighted by atomic mass is 19.1. The first-order valence-corrected chi connectivity index (χ1v) is 9.17. The number of amides is 2. The van der Waals surface area contributed by atoms with Crippen molar-refractivity contribution in [3.05, 3.63) is 71.3 Å². The maximum Gasteiger partial charge on any atom is 0.242 e. The van der Waals surface area contributed by atoms with Gasteiger partial charge >= 0.3 is 0 Å². The third kappa shape index (κ3) is 5.87. The predicted octanol–water partition coefficient (Wildman–Crippen LogP) is 3.84. The van der Waals surface area contributed by atoms with Gasteiger partial charge in [-0.3, -0.25) is 9.59 Å². The second kappa shape index (κ2) is 8.95. The molecule has 0 fully saturated rings. The Morgan fingerprint density at radius 1 is 0.964 bits per heavy atom. The van der Waals surface area contributed by atoms with Crippen LogP contribution in [0.25, 0.3) is 0 Å². The quantitative estimate of drug-likeness (QED) is 0.817. The number of rotatable bonds is 6. The highest BCUT2D eigenvalue weighted by molar-refractivity contribution is 5.88. The van der Waals surface area contributed by atoms with E-state index >= 15 is 0 Å². The van der Waals surface area contributed by atoms with Crippen molar-refractivity contribution < 1.29 is 18.4 Å². The lowest BCUT2D eigenvalue weighted by molar-refractivity contribution is -0.140. The first kappa shape index (κ1) is 21.5. The van der Waals surface area contributed by atoms with Gasteiger partial charge in [-0.25, -0.2) is 8.78 Å². The fourth-order valence-corrected chi connectivity index (χ4v) is 2.77. The zero-order chi connectivity index (χ0) is 20.9. The fourth-order valence-electron chi connectivity index (χ4n) is 2.77. The summed E-state index contributed by atoms with van der Waals surface area (Å²) in [6.07, 6.45) is -0.214. The number of nitrogens with zero attached hydrogens (tertiary/aromatic N) is 1. The van der Waals surface area contributed by atoms with Crippen molar-refractivity contribution in [3.63, 3.8) is 0 Å². The Morgan fingerprint density at radius 3 is 1.96 bits per heavy atom. The Bertz CT molecular complexity index is 846. The normalized spacial score (nSPS) is 12.4. The Balaban J connectivity index is 2.29. The van der Waals surface area contributed by atoms with Crippen LogP contribution in [0.15, 0.2) is 48.5 Å². The third-order valence-electron chi connectivity index (χ3n) is 4.26. The molecule has 0 aliphatic rings. The summed E-state index contributed by atoms with van der Waals surface area (Å²) in [6.45, 7) is 7.00. The summed E-state index contributed by atoms with van der Waals surface area (Å²) in [5.74, 6) is -1.77. The molecular formula is C22H26F2N2O2. The molecule has 0 saturated heterocycles. The minimum Gasteiger partial charge on any atom is -0.350 e. The summed E-state index contributed by atoms with van der Waals surface area (Å²) >= 11 is 0. The highest BCUT2D eigenvalue weighted by Crippen LogP contribution is 2.16. The monoisotopic (exact) mass is 388 g/mol. The van der Waals surface area contributed by atoms with E-state index in [4.69, 9.17) is 0 Å². The van der Waals surface area contributed by atoms with Gasteiger partial charge in [0.1, 0.15) is 17.7 Å². The standard InChI is InChI=1S/C22H26F2N2O2/c1-15(21(28)25-22(2,3)4)26(14-17-10-6-8-12-19(17)24)20(27)13-16-9-5-7-11-18(16)23/h5-12,15H,13-14H2,1-4H3,(H,25,28)/t15-/m0/s1. The summed E-state index contributed by atoms with van der Waals surface area (Å²) < 4.78 is 28.1. The predicted molar refractivity (Wildman–Crippen MR) is 104 cm³/mol. The van der Waals surface area contributed by atoms with Gasteiger partial charge in [-0.2, -0.15) is 0 Å². The number of carbonyl (C=O) groups is 2. The number of hydrogen-bond acceptors (Lipinski definition) is 2. The van der Waals surface area contributed by atoms with E-state index in [0.717, 1.165) is 0 Å². The summed E-state index contributed by atoms with van der Waals surface area (Å²) in [7, 11) is 0. The van der Waals surface area contributed by atoms with Crippen LogP contribution in [-0.2, 0) is 22.6 Å². The van der Waals surface area contributed by atoms with Crippen molar-refractivity contribution >= 4 is 11.8 Å². The highest BCUT2D eigenvalue weighted by Gasteiger charge is 2.29. The molecule has 1 N–H and O–H groups in total. The lowest BCUT2D eigenvalue weighted by atomic mass is 10.1. The van der Waals surface area contributed by atoms with Crippen LogP contribution < -0.4 is 5.32 Å². The second-order valence-electron chi connectivity index (χ2n) is 7.80. The summed E-state index contributed by atoms with van der Waals surface area (Å²) in [6, 6.07) is 11.2. The molecule has 6 heteroatoms. The molecule has 0 aromatic heterocycles. The molecule has 0 spiro atoms. The van der Waals surface area contributed by atoms with Crippen molar-refractivity contribution in [1.82, 2.24) is 10.2 Å². The number of nitrogens with one attached hydrogen (secondary N) is 1. The van der Waals surface area contributed by atoms with Crippen molar-refractivity contribution in [1.29, 1.82) is 0 Å². The van der Waals surface area contributed by atoms with Crippen molar-refractivity contribution in [3.8, 4) is 0 Å². The zero-order valence-corrected chi connectivity index (χ0v) is 16.6. The summed E-state index contributed by atoms with van der Waals surface area (Å²) in [5, 5.41) is 2.83. The SMILES string of the molecule is C[C@@H](C(=O)NC(C)(C)C)N(Cc1ccccc1F)C(=O)Cc1ccccc1F. The molecule has 0 aliphatic carbocycles. The van der Waals surface area contributed by atoms with Gasteiger partial charge in [-0.15, -0.1) is 0 Å². The summed E-state index contributed by atoms with van der Waals surface area (Å²) in [4.78, 5) is 26.9. The van der Waals surface area contributed by atoms with E-state index in [-0.39, 0.29) is 24.4 Å². The van der Waals surface area contributed by atoms with Gasteiger partial charge in [0, 0.05) is 17.6 Å². The molecule has 2 amide bonds. The van der Waals surface area contributed by atoms with Gasteiger partial charge in [0.25, 0.3) is 0 Å². The first-order chi connectivity index (χ1) is 13.1. The second-order valence-corrected chi connectivity index (χ2v) is 7.80. The van der Waals surface area contributed by atoms with E-state index < -0.39 is 29.1 Å². The van der Waals surface area contributed by atoms with Crippen molar-refractivity contribution in [2.45, 2.75) is 52.2 Å². The minimum atomic E-state index is -0.849. The molecule has 2 aromatic carbocycles. The van der Waals surface area contributed by atoms with Crippen LogP contribution in [0.2, 0.25) is 0 Å². The molecule has 0 unspecified atom stereocenters. The zero-order valence-electron chi connectivity index (χ0n) is 16.6. The number of hydrogen-bond donors (Lipinski definition) is 1. The fraction of sp³-hybridized carbons (Fsp3) is 0.364. The van der Waals surface area contributed by atoms with Crippen LogP contribution >= 0.6 is 0 Å². The van der Waals surface area contributed by atoms with E-state index in [9.17, 15) is 18.4 Å². The van der Waals surface area contributed by atoms with Gasteiger partial charge in [0.15, 0.2) is 0 Å². The molecular weight excluding hydrogens is 362 g/mol. The van der Waals surface area contributed by atoms with Crippen LogP contribution in [0.3, 0.4) is 0 Å². The Morgan fingerprint density at radius 2 is 1.46 bits per heavy atom. The van der Waals surface area contributed by atoms with Gasteiger partial charge in [-0.1, -0.05) is 36.4 Å². The number of benzene rings is 2. The summed E-state index contributed by atoms with van der Waals surface area (Å²) in [5.41, 5.74) is 0.0399. The van der Waals surface area contributed by atoms with E-state index in [1.165, 1.54) is 23.1 Å². The lowest BCUT2D eigenvalue weighted by Crippen LogP contribution is -2.52. The van der Waals surface area contributed by atoms with Crippen LogP contribution in [0, 0.1) is 11.6 Å². The largest absolute Gasteiger partial charge is 0.350 e. The van der Waals surface area contributed by atoms with E-state index in [0.29, 0.717) is 5.56 Å². The van der Waals surface area contributed by atoms with Crippen molar-refractivity contribution in [2.24, 2.45) is 0 Å². The van der Waals surface area contributed by atoms with Gasteiger partial charge in [0.05, 0.1) is 6.42 Å². The van der Waals surface area contributed by atoms with Gasteiger partial charge in [-0.05, 0) is 45.4 Å². The third-order valence-corrected chi connectivity index (χ3v) is 4.26. The maximum absolute atomic E-state index is 14.1. The topological polar surface area (TPSA) is 49.4 Å². The van der Waals surface area contributed by atoms with E-state index in [2.05, 4.69) is 5.32 Å². The molecule has 0 radical (unpaired) electrons. The maximum atomic E-state index is 14.1. The average molecular weight is 388 g/mol. The first-order valence-electron chi connectivity index (χ1n) is 9.17. The van der Waals surface area contributed by atoms with E-state index in [1.807, 2.05) is 20.8 Å². The van der Waals surface area contributed by atoms with E-state index in [1.54, 1.807) is 37.3 Å². The molecule has 2 aromatic rings. The van der Waals surface area contributed by atoms with Gasteiger partial charge in [0.2, 0.25) is 11.8 Å². The molecule has 0 saturated carbocycles. The Kier molecular flexibility index (Phi) is 6.89. The Hall–Kier alpha value is -2.76. The molecule has 28 heavy (non-hydrogen) atoms. The minimum absolute atomic E-state index is 0.0846. The van der Waals surface area contributed by atoms with Gasteiger partial charge < -0.3 is 10.2 Å². The molecule has 2 rings (SSSR count). The van der Waals surface area contributed by atoms with Crippen LogP contribution in [-0.4, -0.2) is 28.3 Å². The number of carbonyl (C=O) groups excluding carboxylic acids is 2. The number of halogens is 2. The molecule has 4 nitrogen and oxygen atoms in total. The Labute approximate surface area is 164 Å².